The van der Waals surface area contributed by atoms with Gasteiger partial charge in [0.05, 0.1) is 0 Å². The molecule has 98 valence electrons. The molecule has 0 aliphatic heterocycles. The van der Waals surface area contributed by atoms with Crippen LogP contribution < -0.4 is 0 Å². The topological polar surface area (TPSA) is 14.1 Å². The summed E-state index contributed by atoms with van der Waals surface area (Å²) in [6.45, 7) is 9.87. The van der Waals surface area contributed by atoms with E-state index in [2.05, 4.69) is 34.7 Å². The zero-order valence-electron chi connectivity index (χ0n) is 12.2. The third-order valence-corrected chi connectivity index (χ3v) is 6.81. The first kappa shape index (κ1) is 12.0. The maximum Gasteiger partial charge on any atom is -0.0290 e. The van der Waals surface area contributed by atoms with Crippen LogP contribution in [0.15, 0.2) is 0 Å². The van der Waals surface area contributed by atoms with E-state index in [4.69, 9.17) is 5.32 Å². The van der Waals surface area contributed by atoms with Crippen molar-refractivity contribution in [1.29, 1.82) is 0 Å². The van der Waals surface area contributed by atoms with Gasteiger partial charge in [-0.1, -0.05) is 40.0 Å². The highest BCUT2D eigenvalue weighted by Gasteiger charge is 2.60. The SMILES string of the molecule is C[N-]C1(C)CC2C(C(C)C)CC3(C)CC1CC23. The number of fused-ring (bicyclic) bond motifs is 1. The van der Waals surface area contributed by atoms with Crippen molar-refractivity contribution in [2.24, 2.45) is 35.0 Å². The molecule has 0 heterocycles. The van der Waals surface area contributed by atoms with Crippen LogP contribution in [0.3, 0.4) is 0 Å². The van der Waals surface area contributed by atoms with Crippen LogP contribution in [0.4, 0.5) is 0 Å². The Morgan fingerprint density at radius 3 is 2.41 bits per heavy atom. The van der Waals surface area contributed by atoms with Crippen LogP contribution >= 0.6 is 0 Å². The van der Waals surface area contributed by atoms with Gasteiger partial charge in [0.2, 0.25) is 0 Å². The molecule has 1 heteroatoms. The van der Waals surface area contributed by atoms with Crippen LogP contribution in [0.5, 0.6) is 0 Å². The molecule has 6 unspecified atom stereocenters. The number of hydrogen-bond acceptors (Lipinski definition) is 0. The van der Waals surface area contributed by atoms with E-state index >= 15 is 0 Å². The van der Waals surface area contributed by atoms with Crippen LogP contribution in [0.25, 0.3) is 5.32 Å². The molecule has 3 saturated carbocycles. The minimum atomic E-state index is 0.298. The van der Waals surface area contributed by atoms with E-state index in [0.717, 1.165) is 29.6 Å². The van der Waals surface area contributed by atoms with E-state index in [1.54, 1.807) is 0 Å². The highest BCUT2D eigenvalue weighted by Crippen LogP contribution is 2.69. The standard InChI is InChI=1S/C16H28N/c1-10(2)12-8-15(3)7-11-6-14(15)13(12)9-16(11,4)17-5/h10-14H,6-9H2,1-5H3/q-1. The Morgan fingerprint density at radius 1 is 1.12 bits per heavy atom. The molecule has 0 spiro atoms. The predicted molar refractivity (Wildman–Crippen MR) is 73.1 cm³/mol. The van der Waals surface area contributed by atoms with Crippen LogP contribution in [0, 0.1) is 35.0 Å². The third-order valence-electron chi connectivity index (χ3n) is 6.81. The van der Waals surface area contributed by atoms with Crippen molar-refractivity contribution in [3.8, 4) is 0 Å². The Balaban J connectivity index is 1.95. The molecule has 0 amide bonds. The van der Waals surface area contributed by atoms with Crippen molar-refractivity contribution in [2.45, 2.75) is 58.9 Å². The smallest absolute Gasteiger partial charge is 0.0290 e. The molecule has 3 aliphatic carbocycles. The summed E-state index contributed by atoms with van der Waals surface area (Å²) in [6.07, 6.45) is 5.79. The van der Waals surface area contributed by atoms with Gasteiger partial charge in [0.25, 0.3) is 0 Å². The first-order chi connectivity index (χ1) is 7.89. The van der Waals surface area contributed by atoms with E-state index in [0.29, 0.717) is 11.0 Å². The zero-order chi connectivity index (χ0) is 12.4. The zero-order valence-corrected chi connectivity index (χ0v) is 12.2. The summed E-state index contributed by atoms with van der Waals surface area (Å²) in [7, 11) is 2.05. The van der Waals surface area contributed by atoms with Gasteiger partial charge in [0.15, 0.2) is 0 Å². The van der Waals surface area contributed by atoms with Gasteiger partial charge in [-0.2, -0.15) is 7.05 Å². The molecule has 3 fully saturated rings. The molecule has 0 saturated heterocycles. The van der Waals surface area contributed by atoms with Gasteiger partial charge >= 0.3 is 0 Å². The number of nitrogens with zero attached hydrogens (tertiary/aromatic N) is 1. The summed E-state index contributed by atoms with van der Waals surface area (Å²) >= 11 is 0. The summed E-state index contributed by atoms with van der Waals surface area (Å²) in [4.78, 5) is 0. The molecule has 0 aromatic rings. The second-order valence-corrected chi connectivity index (χ2v) is 7.96. The monoisotopic (exact) mass is 234 g/mol. The van der Waals surface area contributed by atoms with E-state index in [1.165, 1.54) is 25.7 Å². The minimum absolute atomic E-state index is 0.298. The number of rotatable bonds is 2. The normalized spacial score (nSPS) is 56.8. The van der Waals surface area contributed by atoms with E-state index < -0.39 is 0 Å². The average Bonchev–Trinajstić information content (AvgIpc) is 2.69. The van der Waals surface area contributed by atoms with E-state index in [-0.39, 0.29) is 0 Å². The van der Waals surface area contributed by atoms with Crippen molar-refractivity contribution in [1.82, 2.24) is 0 Å². The summed E-state index contributed by atoms with van der Waals surface area (Å²) in [6, 6.07) is 0. The van der Waals surface area contributed by atoms with Gasteiger partial charge < -0.3 is 5.32 Å². The van der Waals surface area contributed by atoms with Crippen LogP contribution in [0.2, 0.25) is 0 Å². The lowest BCUT2D eigenvalue weighted by Crippen LogP contribution is -2.41. The molecule has 6 atom stereocenters. The van der Waals surface area contributed by atoms with Gasteiger partial charge in [0.1, 0.15) is 0 Å². The third kappa shape index (κ3) is 1.47. The first-order valence-corrected chi connectivity index (χ1v) is 7.50. The Kier molecular flexibility index (Phi) is 2.47. The Labute approximate surface area is 107 Å². The summed E-state index contributed by atoms with van der Waals surface area (Å²) in [5.74, 6) is 4.70. The van der Waals surface area contributed by atoms with Gasteiger partial charge in [-0.25, -0.2) is 0 Å². The second-order valence-electron chi connectivity index (χ2n) is 7.96. The molecular formula is C16H28N-. The molecule has 0 radical (unpaired) electrons. The van der Waals surface area contributed by atoms with Crippen molar-refractivity contribution in [3.05, 3.63) is 5.32 Å². The predicted octanol–water partition coefficient (Wildman–Crippen LogP) is 4.48. The first-order valence-electron chi connectivity index (χ1n) is 7.50. The van der Waals surface area contributed by atoms with Gasteiger partial charge in [-0.3, -0.25) is 0 Å². The molecule has 0 aromatic heterocycles. The molecule has 3 rings (SSSR count). The Morgan fingerprint density at radius 2 is 1.82 bits per heavy atom. The summed E-state index contributed by atoms with van der Waals surface area (Å²) < 4.78 is 0. The maximum atomic E-state index is 4.80. The van der Waals surface area contributed by atoms with Crippen LogP contribution in [-0.2, 0) is 0 Å². The highest BCUT2D eigenvalue weighted by molar-refractivity contribution is 5.19. The number of hydrogen-bond donors (Lipinski definition) is 0. The largest absolute Gasteiger partial charge is 0.659 e. The van der Waals surface area contributed by atoms with Crippen LogP contribution in [-0.4, -0.2) is 12.6 Å². The lowest BCUT2D eigenvalue weighted by molar-refractivity contribution is 0.125. The summed E-state index contributed by atoms with van der Waals surface area (Å²) in [5.41, 5.74) is 0.958. The van der Waals surface area contributed by atoms with Crippen LogP contribution in [0.1, 0.15) is 53.4 Å². The molecule has 1 nitrogen and oxygen atoms in total. The highest BCUT2D eigenvalue weighted by atomic mass is 15.0. The van der Waals surface area contributed by atoms with E-state index in [1.807, 2.05) is 0 Å². The quantitative estimate of drug-likeness (QED) is 0.669. The lowest BCUT2D eigenvalue weighted by Gasteiger charge is -2.54. The Hall–Kier alpha value is -0.0400. The molecule has 3 aliphatic rings. The summed E-state index contributed by atoms with van der Waals surface area (Å²) in [5, 5.41) is 4.80. The molecule has 0 aromatic carbocycles. The fraction of sp³-hybridized carbons (Fsp3) is 1.00. The lowest BCUT2D eigenvalue weighted by atomic mass is 9.65. The molecular weight excluding hydrogens is 206 g/mol. The molecule has 0 N–H and O–H groups in total. The average molecular weight is 234 g/mol. The van der Waals surface area contributed by atoms with Crippen molar-refractivity contribution >= 4 is 0 Å². The van der Waals surface area contributed by atoms with Crippen molar-refractivity contribution < 1.29 is 0 Å². The second kappa shape index (κ2) is 3.50. The fourth-order valence-corrected chi connectivity index (χ4v) is 5.72. The minimum Gasteiger partial charge on any atom is -0.659 e. The van der Waals surface area contributed by atoms with Crippen molar-refractivity contribution in [3.63, 3.8) is 0 Å². The van der Waals surface area contributed by atoms with Crippen molar-refractivity contribution in [2.75, 3.05) is 7.05 Å². The Bertz CT molecular complexity index is 323. The van der Waals surface area contributed by atoms with Gasteiger partial charge in [0, 0.05) is 0 Å². The maximum absolute atomic E-state index is 4.80. The van der Waals surface area contributed by atoms with Gasteiger partial charge in [-0.05, 0) is 48.3 Å². The molecule has 2 bridgehead atoms. The van der Waals surface area contributed by atoms with E-state index in [9.17, 15) is 0 Å². The molecule has 17 heavy (non-hydrogen) atoms. The fourth-order valence-electron chi connectivity index (χ4n) is 5.72. The van der Waals surface area contributed by atoms with Gasteiger partial charge in [-0.15, -0.1) is 5.54 Å².